The molecule has 0 unspecified atom stereocenters. The number of anilines is 1. The summed E-state index contributed by atoms with van der Waals surface area (Å²) in [6.45, 7) is 7.43. The number of nitrogens with zero attached hydrogens (tertiary/aromatic N) is 2. The molecule has 2 N–H and O–H groups in total. The minimum atomic E-state index is -0.279. The maximum atomic E-state index is 11.6. The van der Waals surface area contributed by atoms with E-state index in [1.165, 1.54) is 6.92 Å². The number of aryl methyl sites for hydroxylation is 1. The van der Waals surface area contributed by atoms with Crippen LogP contribution in [0, 0.1) is 12.3 Å². The van der Waals surface area contributed by atoms with Crippen molar-refractivity contribution in [1.82, 2.24) is 9.97 Å². The standard InChI is InChI=1S/C17H18N4O/c1-4-7-19-16-6-5-13(8-15(16)17(18)11(2)22)14-9-20-12(3)21-10-14/h4-6,8-10,18-19H,1,7H2,2-3H3. The van der Waals surface area contributed by atoms with Crippen molar-refractivity contribution in [2.24, 2.45) is 0 Å². The first-order valence-electron chi connectivity index (χ1n) is 6.90. The van der Waals surface area contributed by atoms with Gasteiger partial charge in [0.15, 0.2) is 5.78 Å². The number of nitrogens with one attached hydrogen (secondary N) is 2. The fourth-order valence-electron chi connectivity index (χ4n) is 2.00. The Morgan fingerprint density at radius 2 is 2.00 bits per heavy atom. The van der Waals surface area contributed by atoms with Gasteiger partial charge in [-0.15, -0.1) is 6.58 Å². The highest BCUT2D eigenvalue weighted by Gasteiger charge is 2.13. The van der Waals surface area contributed by atoms with E-state index in [4.69, 9.17) is 5.41 Å². The minimum Gasteiger partial charge on any atom is -0.381 e. The lowest BCUT2D eigenvalue weighted by atomic mass is 9.99. The fourth-order valence-corrected chi connectivity index (χ4v) is 2.00. The third-order valence-electron chi connectivity index (χ3n) is 3.19. The molecule has 0 bridgehead atoms. The van der Waals surface area contributed by atoms with Crippen molar-refractivity contribution >= 4 is 17.2 Å². The molecule has 0 aliphatic heterocycles. The van der Waals surface area contributed by atoms with E-state index in [1.54, 1.807) is 18.5 Å². The molecule has 0 aliphatic carbocycles. The lowest BCUT2D eigenvalue weighted by Gasteiger charge is -2.12. The quantitative estimate of drug-likeness (QED) is 0.634. The van der Waals surface area contributed by atoms with Gasteiger partial charge in [-0.25, -0.2) is 9.97 Å². The second-order valence-corrected chi connectivity index (χ2v) is 4.88. The highest BCUT2D eigenvalue weighted by atomic mass is 16.1. The molecular formula is C17H18N4O. The van der Waals surface area contributed by atoms with E-state index in [1.807, 2.05) is 25.1 Å². The third kappa shape index (κ3) is 3.44. The molecule has 1 aromatic carbocycles. The molecule has 5 heteroatoms. The van der Waals surface area contributed by atoms with Gasteiger partial charge >= 0.3 is 0 Å². The Kier molecular flexibility index (Phi) is 4.78. The molecular weight excluding hydrogens is 276 g/mol. The van der Waals surface area contributed by atoms with Crippen LogP contribution in [-0.2, 0) is 4.79 Å². The van der Waals surface area contributed by atoms with Crippen molar-refractivity contribution in [3.05, 3.63) is 54.6 Å². The molecule has 0 saturated heterocycles. The summed E-state index contributed by atoms with van der Waals surface area (Å²) >= 11 is 0. The Hall–Kier alpha value is -2.82. The summed E-state index contributed by atoms with van der Waals surface area (Å²) in [5.74, 6) is 0.420. The Bertz CT molecular complexity index is 720. The van der Waals surface area contributed by atoms with Gasteiger partial charge in [-0.1, -0.05) is 12.1 Å². The van der Waals surface area contributed by atoms with E-state index in [0.29, 0.717) is 17.9 Å². The summed E-state index contributed by atoms with van der Waals surface area (Å²) in [4.78, 5) is 19.9. The molecule has 2 aromatic rings. The van der Waals surface area contributed by atoms with E-state index in [2.05, 4.69) is 21.9 Å². The van der Waals surface area contributed by atoms with Gasteiger partial charge in [-0.05, 0) is 24.6 Å². The lowest BCUT2D eigenvalue weighted by Crippen LogP contribution is -2.13. The van der Waals surface area contributed by atoms with Crippen LogP contribution in [0.1, 0.15) is 18.3 Å². The molecule has 1 heterocycles. The van der Waals surface area contributed by atoms with Crippen LogP contribution in [0.3, 0.4) is 0 Å². The average molecular weight is 294 g/mol. The van der Waals surface area contributed by atoms with Crippen molar-refractivity contribution in [2.45, 2.75) is 13.8 Å². The molecule has 0 amide bonds. The first-order valence-corrected chi connectivity index (χ1v) is 6.90. The normalized spacial score (nSPS) is 10.1. The van der Waals surface area contributed by atoms with E-state index >= 15 is 0 Å². The first kappa shape index (κ1) is 15.6. The number of carbonyl (C=O) groups is 1. The molecule has 5 nitrogen and oxygen atoms in total. The zero-order valence-electron chi connectivity index (χ0n) is 12.7. The van der Waals surface area contributed by atoms with Crippen molar-refractivity contribution in [2.75, 3.05) is 11.9 Å². The maximum absolute atomic E-state index is 11.6. The van der Waals surface area contributed by atoms with Gasteiger partial charge in [0, 0.05) is 42.7 Å². The number of aromatic nitrogens is 2. The van der Waals surface area contributed by atoms with Gasteiger partial charge in [0.05, 0.1) is 0 Å². The van der Waals surface area contributed by atoms with Crippen molar-refractivity contribution in [3.63, 3.8) is 0 Å². The van der Waals surface area contributed by atoms with Crippen LogP contribution >= 0.6 is 0 Å². The number of Topliss-reactive ketones (excluding diaryl/α,β-unsaturated/α-hetero) is 1. The number of hydrogen-bond acceptors (Lipinski definition) is 5. The van der Waals surface area contributed by atoms with Crippen LogP contribution in [0.2, 0.25) is 0 Å². The van der Waals surface area contributed by atoms with Crippen LogP contribution in [0.5, 0.6) is 0 Å². The highest BCUT2D eigenvalue weighted by Crippen LogP contribution is 2.25. The fraction of sp³-hybridized carbons (Fsp3) is 0.176. The van der Waals surface area contributed by atoms with Gasteiger partial charge < -0.3 is 5.32 Å². The predicted molar refractivity (Wildman–Crippen MR) is 88.4 cm³/mol. The number of hydrogen-bond donors (Lipinski definition) is 2. The van der Waals surface area contributed by atoms with Crippen LogP contribution in [-0.4, -0.2) is 28.0 Å². The Balaban J connectivity index is 2.48. The summed E-state index contributed by atoms with van der Waals surface area (Å²) in [5.41, 5.74) is 2.98. The van der Waals surface area contributed by atoms with E-state index in [0.717, 1.165) is 16.8 Å². The number of rotatable bonds is 6. The van der Waals surface area contributed by atoms with Crippen LogP contribution in [0.15, 0.2) is 43.2 Å². The highest BCUT2D eigenvalue weighted by molar-refractivity contribution is 6.45. The summed E-state index contributed by atoms with van der Waals surface area (Å²) in [5, 5.41) is 11.2. The van der Waals surface area contributed by atoms with E-state index in [-0.39, 0.29) is 11.5 Å². The van der Waals surface area contributed by atoms with Crippen LogP contribution in [0.4, 0.5) is 5.69 Å². The van der Waals surface area contributed by atoms with E-state index < -0.39 is 0 Å². The van der Waals surface area contributed by atoms with Crippen molar-refractivity contribution in [1.29, 1.82) is 5.41 Å². The first-order chi connectivity index (χ1) is 10.5. The van der Waals surface area contributed by atoms with Crippen LogP contribution < -0.4 is 5.32 Å². The number of carbonyl (C=O) groups excluding carboxylic acids is 1. The van der Waals surface area contributed by atoms with Gasteiger partial charge in [-0.2, -0.15) is 0 Å². The minimum absolute atomic E-state index is 0.0264. The molecule has 0 saturated carbocycles. The topological polar surface area (TPSA) is 78.7 Å². The monoisotopic (exact) mass is 294 g/mol. The molecule has 22 heavy (non-hydrogen) atoms. The maximum Gasteiger partial charge on any atom is 0.178 e. The Morgan fingerprint density at radius 1 is 1.32 bits per heavy atom. The summed E-state index contributed by atoms with van der Waals surface area (Å²) in [6.07, 6.45) is 5.19. The van der Waals surface area contributed by atoms with Crippen molar-refractivity contribution < 1.29 is 4.79 Å². The van der Waals surface area contributed by atoms with Crippen molar-refractivity contribution in [3.8, 4) is 11.1 Å². The SMILES string of the molecule is C=CCNc1ccc(-c2cnc(C)nc2)cc1C(=N)C(C)=O. The molecule has 0 radical (unpaired) electrons. The molecule has 0 spiro atoms. The largest absolute Gasteiger partial charge is 0.381 e. The lowest BCUT2D eigenvalue weighted by molar-refractivity contribution is -0.111. The molecule has 2 rings (SSSR count). The molecule has 0 aliphatic rings. The average Bonchev–Trinajstić information content (AvgIpc) is 2.52. The summed E-state index contributed by atoms with van der Waals surface area (Å²) in [6, 6.07) is 5.57. The molecule has 112 valence electrons. The number of benzene rings is 1. The van der Waals surface area contributed by atoms with Gasteiger partial charge in [0.1, 0.15) is 11.5 Å². The molecule has 1 aromatic heterocycles. The van der Waals surface area contributed by atoms with E-state index in [9.17, 15) is 4.79 Å². The zero-order chi connectivity index (χ0) is 16.1. The number of ketones is 1. The zero-order valence-corrected chi connectivity index (χ0v) is 12.7. The predicted octanol–water partition coefficient (Wildman–Crippen LogP) is 3.01. The second-order valence-electron chi connectivity index (χ2n) is 4.88. The third-order valence-corrected chi connectivity index (χ3v) is 3.19. The molecule has 0 fully saturated rings. The smallest absolute Gasteiger partial charge is 0.178 e. The second kappa shape index (κ2) is 6.76. The Morgan fingerprint density at radius 3 is 2.59 bits per heavy atom. The van der Waals surface area contributed by atoms with Crippen LogP contribution in [0.25, 0.3) is 11.1 Å². The van der Waals surface area contributed by atoms with Gasteiger partial charge in [-0.3, -0.25) is 10.2 Å². The summed E-state index contributed by atoms with van der Waals surface area (Å²) in [7, 11) is 0. The molecule has 0 atom stereocenters. The van der Waals surface area contributed by atoms with Gasteiger partial charge in [0.25, 0.3) is 0 Å². The van der Waals surface area contributed by atoms with Gasteiger partial charge in [0.2, 0.25) is 0 Å². The summed E-state index contributed by atoms with van der Waals surface area (Å²) < 4.78 is 0. The Labute approximate surface area is 129 Å².